The van der Waals surface area contributed by atoms with Gasteiger partial charge in [-0.3, -0.25) is 9.59 Å². The van der Waals surface area contributed by atoms with Crippen molar-refractivity contribution in [3.05, 3.63) is 107 Å². The number of aliphatic hydroxyl groups is 1. The van der Waals surface area contributed by atoms with Gasteiger partial charge < -0.3 is 24.8 Å². The van der Waals surface area contributed by atoms with Crippen molar-refractivity contribution in [1.29, 1.82) is 0 Å². The molecular formula is C29H26N2O5. The Morgan fingerprint density at radius 2 is 1.83 bits per heavy atom. The lowest BCUT2D eigenvalue weighted by Gasteiger charge is -2.27. The maximum absolute atomic E-state index is 13.4. The lowest BCUT2D eigenvalue weighted by Crippen LogP contribution is -2.33. The fraction of sp³-hybridized carbons (Fsp3) is 0.172. The number of hydrogen-bond donors (Lipinski definition) is 3. The van der Waals surface area contributed by atoms with Crippen molar-refractivity contribution in [2.75, 3.05) is 13.7 Å². The minimum Gasteiger partial charge on any atom is -0.508 e. The van der Waals surface area contributed by atoms with Crippen molar-refractivity contribution in [1.82, 2.24) is 9.88 Å². The van der Waals surface area contributed by atoms with Crippen molar-refractivity contribution < 1.29 is 24.5 Å². The first-order chi connectivity index (χ1) is 17.5. The molecule has 3 N–H and O–H groups in total. The Bertz CT molecular complexity index is 1470. The van der Waals surface area contributed by atoms with Crippen molar-refractivity contribution in [3.63, 3.8) is 0 Å². The van der Waals surface area contributed by atoms with Crippen LogP contribution in [0.5, 0.6) is 11.5 Å². The number of fused-ring (bicyclic) bond motifs is 1. The summed E-state index contributed by atoms with van der Waals surface area (Å²) < 4.78 is 5.35. The molecule has 1 amide bonds. The number of phenolic OH excluding ortho intramolecular Hbond substituents is 1. The number of carbonyl (C=O) groups excluding carboxylic acids is 2. The monoisotopic (exact) mass is 482 g/mol. The summed E-state index contributed by atoms with van der Waals surface area (Å²) >= 11 is 0. The lowest BCUT2D eigenvalue weighted by atomic mass is 9.93. The van der Waals surface area contributed by atoms with E-state index in [9.17, 15) is 19.8 Å². The number of amides is 1. The molecule has 7 heteroatoms. The molecule has 7 nitrogen and oxygen atoms in total. The number of nitrogens with zero attached hydrogens (tertiary/aromatic N) is 1. The first-order valence-electron chi connectivity index (χ1n) is 11.7. The average molecular weight is 483 g/mol. The van der Waals surface area contributed by atoms with Crippen LogP contribution in [0.15, 0.2) is 90.3 Å². The summed E-state index contributed by atoms with van der Waals surface area (Å²) in [5.41, 5.74) is 3.33. The van der Waals surface area contributed by atoms with Crippen molar-refractivity contribution in [2.45, 2.75) is 18.9 Å². The SMILES string of the molecule is COc1ccc2[nH]cc(CCN3C(=O)C(O)=C(C(=O)Cc4ccccc4)C3c3cccc(O)c3)c2c1. The van der Waals surface area contributed by atoms with Gasteiger partial charge in [0.05, 0.1) is 18.7 Å². The number of aromatic hydroxyl groups is 1. The number of rotatable bonds is 8. The van der Waals surface area contributed by atoms with E-state index in [1.165, 1.54) is 17.0 Å². The minimum atomic E-state index is -0.805. The molecule has 1 aromatic heterocycles. The van der Waals surface area contributed by atoms with Gasteiger partial charge in [-0.1, -0.05) is 42.5 Å². The summed E-state index contributed by atoms with van der Waals surface area (Å²) in [5, 5.41) is 22.0. The molecule has 0 saturated carbocycles. The standard InChI is InChI=1S/C29H26N2O5/c1-36-22-10-11-24-23(16-22)20(17-30-24)12-13-31-27(19-8-5-9-21(32)15-19)26(28(34)29(31)35)25(33)14-18-6-3-2-4-7-18/h2-11,15-17,27,30,32,34H,12-14H2,1H3. The molecule has 0 fully saturated rings. The number of methoxy groups -OCH3 is 1. The van der Waals surface area contributed by atoms with E-state index in [1.54, 1.807) is 19.2 Å². The van der Waals surface area contributed by atoms with Gasteiger partial charge in [-0.2, -0.15) is 0 Å². The van der Waals surface area contributed by atoms with Gasteiger partial charge in [-0.05, 0) is 53.4 Å². The molecule has 1 aliphatic heterocycles. The molecule has 2 heterocycles. The number of carbonyl (C=O) groups is 2. The largest absolute Gasteiger partial charge is 0.508 e. The van der Waals surface area contributed by atoms with Crippen LogP contribution >= 0.6 is 0 Å². The van der Waals surface area contributed by atoms with Crippen LogP contribution in [0.3, 0.4) is 0 Å². The number of aromatic nitrogens is 1. The zero-order valence-corrected chi connectivity index (χ0v) is 19.8. The average Bonchev–Trinajstić information content (AvgIpc) is 3.40. The fourth-order valence-corrected chi connectivity index (χ4v) is 4.82. The van der Waals surface area contributed by atoms with Crippen LogP contribution in [0.2, 0.25) is 0 Å². The van der Waals surface area contributed by atoms with Crippen LogP contribution in [0.25, 0.3) is 10.9 Å². The smallest absolute Gasteiger partial charge is 0.290 e. The number of hydrogen-bond acceptors (Lipinski definition) is 5. The van der Waals surface area contributed by atoms with Crippen LogP contribution in [0.1, 0.15) is 22.7 Å². The molecule has 36 heavy (non-hydrogen) atoms. The van der Waals surface area contributed by atoms with Crippen molar-refractivity contribution in [3.8, 4) is 11.5 Å². The highest BCUT2D eigenvalue weighted by Gasteiger charge is 2.43. The van der Waals surface area contributed by atoms with E-state index in [-0.39, 0.29) is 30.1 Å². The Morgan fingerprint density at radius 1 is 1.03 bits per heavy atom. The van der Waals surface area contributed by atoms with Crippen LogP contribution < -0.4 is 4.74 Å². The highest BCUT2D eigenvalue weighted by atomic mass is 16.5. The molecule has 3 aromatic carbocycles. The minimum absolute atomic E-state index is 0.0184. The molecule has 0 spiro atoms. The van der Waals surface area contributed by atoms with E-state index in [4.69, 9.17) is 4.74 Å². The lowest BCUT2D eigenvalue weighted by molar-refractivity contribution is -0.129. The fourth-order valence-electron chi connectivity index (χ4n) is 4.82. The summed E-state index contributed by atoms with van der Waals surface area (Å²) in [4.78, 5) is 31.4. The number of Topliss-reactive ketones (excluding diaryl/α,β-unsaturated/α-hetero) is 1. The van der Waals surface area contributed by atoms with Crippen molar-refractivity contribution >= 4 is 22.6 Å². The predicted molar refractivity (Wildman–Crippen MR) is 136 cm³/mol. The van der Waals surface area contributed by atoms with Crippen LogP contribution in [-0.2, 0) is 22.4 Å². The maximum atomic E-state index is 13.4. The van der Waals surface area contributed by atoms with Crippen LogP contribution in [0.4, 0.5) is 0 Å². The van der Waals surface area contributed by atoms with E-state index in [1.807, 2.05) is 54.7 Å². The summed E-state index contributed by atoms with van der Waals surface area (Å²) in [7, 11) is 1.61. The second-order valence-corrected chi connectivity index (χ2v) is 8.82. The predicted octanol–water partition coefficient (Wildman–Crippen LogP) is 4.63. The third kappa shape index (κ3) is 4.31. The molecule has 5 rings (SSSR count). The highest BCUT2D eigenvalue weighted by molar-refractivity contribution is 6.09. The van der Waals surface area contributed by atoms with Gasteiger partial charge in [0.25, 0.3) is 5.91 Å². The third-order valence-corrected chi connectivity index (χ3v) is 6.59. The number of phenols is 1. The Balaban J connectivity index is 1.47. The molecule has 0 aliphatic carbocycles. The molecule has 0 saturated heterocycles. The number of ketones is 1. The number of ether oxygens (including phenoxy) is 1. The van der Waals surface area contributed by atoms with Crippen molar-refractivity contribution in [2.24, 2.45) is 0 Å². The first kappa shape index (κ1) is 23.2. The number of H-pyrrole nitrogens is 1. The summed E-state index contributed by atoms with van der Waals surface area (Å²) in [6, 6.07) is 20.6. The normalized spacial score (nSPS) is 15.6. The molecule has 0 radical (unpaired) electrons. The first-order valence-corrected chi connectivity index (χ1v) is 11.7. The second-order valence-electron chi connectivity index (χ2n) is 8.82. The van der Waals surface area contributed by atoms with Gasteiger partial charge in [0.1, 0.15) is 11.5 Å². The zero-order valence-electron chi connectivity index (χ0n) is 19.8. The number of aliphatic hydroxyl groups excluding tert-OH is 1. The van der Waals surface area contributed by atoms with Gasteiger partial charge in [0.2, 0.25) is 0 Å². The van der Waals surface area contributed by atoms with Crippen LogP contribution in [0, 0.1) is 0 Å². The van der Waals surface area contributed by atoms with Crippen LogP contribution in [-0.4, -0.2) is 45.4 Å². The Kier molecular flexibility index (Phi) is 6.21. The molecule has 4 aromatic rings. The van der Waals surface area contributed by atoms with Gasteiger partial charge in [-0.15, -0.1) is 0 Å². The summed E-state index contributed by atoms with van der Waals surface area (Å²) in [6.07, 6.45) is 2.43. The molecule has 182 valence electrons. The van der Waals surface area contributed by atoms with Gasteiger partial charge in [0.15, 0.2) is 11.5 Å². The quantitative estimate of drug-likeness (QED) is 0.340. The van der Waals surface area contributed by atoms with E-state index < -0.39 is 17.7 Å². The summed E-state index contributed by atoms with van der Waals surface area (Å²) in [5.74, 6) is -0.724. The Labute approximate surface area is 208 Å². The Morgan fingerprint density at radius 3 is 2.58 bits per heavy atom. The van der Waals surface area contributed by atoms with Gasteiger partial charge in [0, 0.05) is 30.1 Å². The molecule has 1 aliphatic rings. The van der Waals surface area contributed by atoms with E-state index in [0.717, 1.165) is 27.8 Å². The topological polar surface area (TPSA) is 103 Å². The molecule has 1 atom stereocenters. The number of nitrogens with one attached hydrogen (secondary N) is 1. The molecule has 1 unspecified atom stereocenters. The number of benzene rings is 3. The third-order valence-electron chi connectivity index (χ3n) is 6.59. The Hall–Kier alpha value is -4.52. The van der Waals surface area contributed by atoms with E-state index >= 15 is 0 Å². The molecule has 0 bridgehead atoms. The second kappa shape index (κ2) is 9.62. The number of aromatic amines is 1. The zero-order chi connectivity index (χ0) is 25.2. The molecular weight excluding hydrogens is 456 g/mol. The van der Waals surface area contributed by atoms with E-state index in [2.05, 4.69) is 4.98 Å². The maximum Gasteiger partial charge on any atom is 0.290 e. The highest BCUT2D eigenvalue weighted by Crippen LogP contribution is 2.39. The van der Waals surface area contributed by atoms with Gasteiger partial charge in [-0.25, -0.2) is 0 Å². The summed E-state index contributed by atoms with van der Waals surface area (Å²) in [6.45, 7) is 0.259. The van der Waals surface area contributed by atoms with Gasteiger partial charge >= 0.3 is 0 Å². The van der Waals surface area contributed by atoms with E-state index in [0.29, 0.717) is 12.0 Å².